The van der Waals surface area contributed by atoms with Gasteiger partial charge in [-0.25, -0.2) is 18.4 Å². The number of halogens is 4. The summed E-state index contributed by atoms with van der Waals surface area (Å²) in [6, 6.07) is 6.92. The van der Waals surface area contributed by atoms with E-state index in [-0.39, 0.29) is 10.3 Å². The van der Waals surface area contributed by atoms with E-state index in [1.165, 1.54) is 6.33 Å². The second kappa shape index (κ2) is 9.30. The van der Waals surface area contributed by atoms with Crippen LogP contribution in [0.5, 0.6) is 0 Å². The van der Waals surface area contributed by atoms with Gasteiger partial charge in [-0.05, 0) is 43.1 Å². The standard InChI is InChI=1S/C23H25ClF3N5O2S2/c1-36(33,34)30-19-3-2-15(8-18(19)24)11-31-6-4-22(12-31)5-7-32(13-22)20-17-9-16(10-23(25,26)27)35-21(17)29-14-28-20/h2-3,8-9,14,30H,4-7,10-13H2,1H3. The van der Waals surface area contributed by atoms with E-state index in [1.807, 2.05) is 6.07 Å². The average molecular weight is 560 g/mol. The molecule has 1 N–H and O–H groups in total. The molecule has 4 heterocycles. The van der Waals surface area contributed by atoms with Crippen LogP contribution in [-0.2, 0) is 23.0 Å². The quantitative estimate of drug-likeness (QED) is 0.462. The van der Waals surface area contributed by atoms with E-state index >= 15 is 0 Å². The number of anilines is 2. The summed E-state index contributed by atoms with van der Waals surface area (Å²) < 4.78 is 64.1. The third kappa shape index (κ3) is 5.71. The lowest BCUT2D eigenvalue weighted by molar-refractivity contribution is -0.126. The Labute approximate surface area is 216 Å². The van der Waals surface area contributed by atoms with E-state index in [0.29, 0.717) is 33.3 Å². The first-order chi connectivity index (χ1) is 16.9. The van der Waals surface area contributed by atoms with Gasteiger partial charge in [0, 0.05) is 36.5 Å². The fourth-order valence-corrected chi connectivity index (χ4v) is 7.14. The molecule has 0 aliphatic carbocycles. The summed E-state index contributed by atoms with van der Waals surface area (Å²) in [4.78, 5) is 14.0. The number of nitrogens with zero attached hydrogens (tertiary/aromatic N) is 4. The highest BCUT2D eigenvalue weighted by Gasteiger charge is 2.44. The topological polar surface area (TPSA) is 78.4 Å². The van der Waals surface area contributed by atoms with Crippen molar-refractivity contribution in [2.45, 2.75) is 32.0 Å². The molecule has 2 saturated heterocycles. The highest BCUT2D eigenvalue weighted by molar-refractivity contribution is 7.92. The van der Waals surface area contributed by atoms with Crippen LogP contribution in [0.15, 0.2) is 30.6 Å². The Morgan fingerprint density at radius 2 is 1.94 bits per heavy atom. The number of thiophene rings is 1. The van der Waals surface area contributed by atoms with Gasteiger partial charge in [0.1, 0.15) is 17.0 Å². The monoisotopic (exact) mass is 559 g/mol. The van der Waals surface area contributed by atoms with E-state index in [2.05, 4.69) is 24.5 Å². The fraction of sp³-hybridized carbons (Fsp3) is 0.478. The average Bonchev–Trinajstić information content (AvgIpc) is 3.46. The minimum atomic E-state index is -4.26. The van der Waals surface area contributed by atoms with Crippen molar-refractivity contribution in [3.8, 4) is 0 Å². The second-order valence-electron chi connectivity index (χ2n) is 9.74. The molecule has 194 valence electrons. The number of alkyl halides is 3. The van der Waals surface area contributed by atoms with Crippen molar-refractivity contribution in [2.24, 2.45) is 5.41 Å². The molecular formula is C23H25ClF3N5O2S2. The normalized spacial score (nSPS) is 21.2. The Morgan fingerprint density at radius 1 is 1.17 bits per heavy atom. The van der Waals surface area contributed by atoms with E-state index in [0.717, 1.165) is 62.2 Å². The lowest BCUT2D eigenvalue weighted by atomic mass is 9.86. The van der Waals surface area contributed by atoms with Crippen LogP contribution in [-0.4, -0.2) is 61.9 Å². The molecule has 0 amide bonds. The largest absolute Gasteiger partial charge is 0.393 e. The first-order valence-corrected chi connectivity index (χ1v) is 14.5. The molecule has 7 nitrogen and oxygen atoms in total. The Balaban J connectivity index is 1.26. The van der Waals surface area contributed by atoms with Gasteiger partial charge in [0.25, 0.3) is 0 Å². The van der Waals surface area contributed by atoms with Crippen LogP contribution >= 0.6 is 22.9 Å². The number of fused-ring (bicyclic) bond motifs is 1. The number of hydrogen-bond acceptors (Lipinski definition) is 7. The minimum Gasteiger partial charge on any atom is -0.355 e. The summed E-state index contributed by atoms with van der Waals surface area (Å²) in [6.07, 6.45) is -0.702. The van der Waals surface area contributed by atoms with Crippen LogP contribution < -0.4 is 9.62 Å². The highest BCUT2D eigenvalue weighted by atomic mass is 35.5. The summed E-state index contributed by atoms with van der Waals surface area (Å²) in [5, 5.41) is 1.04. The van der Waals surface area contributed by atoms with Gasteiger partial charge < -0.3 is 4.90 Å². The Kier molecular flexibility index (Phi) is 6.59. The van der Waals surface area contributed by atoms with Gasteiger partial charge in [0.15, 0.2) is 0 Å². The number of likely N-dealkylation sites (tertiary alicyclic amines) is 1. The number of hydrogen-bond donors (Lipinski definition) is 1. The SMILES string of the molecule is CS(=O)(=O)Nc1ccc(CN2CCC3(CCN(c4ncnc5sc(CC(F)(F)F)cc45)C3)C2)cc1Cl. The van der Waals surface area contributed by atoms with Crippen molar-refractivity contribution in [2.75, 3.05) is 42.1 Å². The lowest BCUT2D eigenvalue weighted by Crippen LogP contribution is -2.31. The van der Waals surface area contributed by atoms with Crippen molar-refractivity contribution >= 4 is 54.7 Å². The molecule has 2 fully saturated rings. The zero-order valence-electron chi connectivity index (χ0n) is 19.5. The number of rotatable bonds is 6. The van der Waals surface area contributed by atoms with Crippen LogP contribution in [0.3, 0.4) is 0 Å². The van der Waals surface area contributed by atoms with Crippen LogP contribution in [0, 0.1) is 5.41 Å². The molecule has 0 saturated carbocycles. The van der Waals surface area contributed by atoms with Crippen molar-refractivity contribution in [3.63, 3.8) is 0 Å². The van der Waals surface area contributed by atoms with Gasteiger partial charge >= 0.3 is 6.18 Å². The van der Waals surface area contributed by atoms with Gasteiger partial charge in [0.2, 0.25) is 10.0 Å². The van der Waals surface area contributed by atoms with E-state index < -0.39 is 22.6 Å². The van der Waals surface area contributed by atoms with E-state index in [1.54, 1.807) is 18.2 Å². The van der Waals surface area contributed by atoms with Crippen LogP contribution in [0.1, 0.15) is 23.3 Å². The number of sulfonamides is 1. The Morgan fingerprint density at radius 3 is 2.67 bits per heavy atom. The molecule has 2 aliphatic rings. The zero-order chi connectivity index (χ0) is 25.7. The molecule has 1 unspecified atom stereocenters. The van der Waals surface area contributed by atoms with Crippen LogP contribution in [0.2, 0.25) is 5.02 Å². The van der Waals surface area contributed by atoms with Crippen LogP contribution in [0.25, 0.3) is 10.2 Å². The molecule has 3 aromatic rings. The maximum Gasteiger partial charge on any atom is 0.393 e. The smallest absolute Gasteiger partial charge is 0.355 e. The first kappa shape index (κ1) is 25.5. The fourth-order valence-electron chi connectivity index (χ4n) is 5.24. The summed E-state index contributed by atoms with van der Waals surface area (Å²) in [7, 11) is -3.41. The third-order valence-electron chi connectivity index (χ3n) is 6.72. The molecule has 1 atom stereocenters. The molecule has 2 aliphatic heterocycles. The molecule has 2 aromatic heterocycles. The number of benzene rings is 1. The van der Waals surface area contributed by atoms with Crippen molar-refractivity contribution in [1.82, 2.24) is 14.9 Å². The molecule has 36 heavy (non-hydrogen) atoms. The molecule has 0 bridgehead atoms. The second-order valence-corrected chi connectivity index (χ2v) is 13.0. The van der Waals surface area contributed by atoms with Gasteiger partial charge in [-0.3, -0.25) is 9.62 Å². The molecule has 1 spiro atoms. The highest BCUT2D eigenvalue weighted by Crippen LogP contribution is 2.43. The third-order valence-corrected chi connectivity index (χ3v) is 8.67. The number of aromatic nitrogens is 2. The molecule has 5 rings (SSSR count). The Hall–Kier alpha value is -2.15. The lowest BCUT2D eigenvalue weighted by Gasteiger charge is -2.25. The summed E-state index contributed by atoms with van der Waals surface area (Å²) >= 11 is 7.36. The minimum absolute atomic E-state index is 0.0870. The van der Waals surface area contributed by atoms with Crippen LogP contribution in [0.4, 0.5) is 24.7 Å². The van der Waals surface area contributed by atoms with E-state index in [9.17, 15) is 21.6 Å². The van der Waals surface area contributed by atoms with Gasteiger partial charge in [-0.1, -0.05) is 17.7 Å². The van der Waals surface area contributed by atoms with Crippen molar-refractivity contribution in [3.05, 3.63) is 46.1 Å². The van der Waals surface area contributed by atoms with Crippen molar-refractivity contribution < 1.29 is 21.6 Å². The first-order valence-electron chi connectivity index (χ1n) is 11.4. The predicted octanol–water partition coefficient (Wildman–Crippen LogP) is 4.92. The van der Waals surface area contributed by atoms with Gasteiger partial charge in [0.05, 0.1) is 28.8 Å². The molecule has 13 heteroatoms. The van der Waals surface area contributed by atoms with E-state index in [4.69, 9.17) is 11.6 Å². The maximum atomic E-state index is 12.9. The van der Waals surface area contributed by atoms with Gasteiger partial charge in [-0.15, -0.1) is 11.3 Å². The molecule has 0 radical (unpaired) electrons. The van der Waals surface area contributed by atoms with Gasteiger partial charge in [-0.2, -0.15) is 13.2 Å². The Bertz CT molecular complexity index is 1400. The number of nitrogens with one attached hydrogen (secondary N) is 1. The molecular weight excluding hydrogens is 535 g/mol. The predicted molar refractivity (Wildman–Crippen MR) is 136 cm³/mol. The zero-order valence-corrected chi connectivity index (χ0v) is 21.9. The molecule has 1 aromatic carbocycles. The van der Waals surface area contributed by atoms with Crippen molar-refractivity contribution in [1.29, 1.82) is 0 Å². The maximum absolute atomic E-state index is 12.9. The summed E-state index contributed by atoms with van der Waals surface area (Å²) in [6.45, 7) is 4.09. The summed E-state index contributed by atoms with van der Waals surface area (Å²) in [5.74, 6) is 0.709. The summed E-state index contributed by atoms with van der Waals surface area (Å²) in [5.41, 5.74) is 1.44.